The van der Waals surface area contributed by atoms with Crippen LogP contribution >= 0.6 is 0 Å². The van der Waals surface area contributed by atoms with E-state index in [1.807, 2.05) is 116 Å². The molecule has 1 aliphatic rings. The van der Waals surface area contributed by atoms with Crippen molar-refractivity contribution < 1.29 is 14.4 Å². The molecule has 0 saturated heterocycles. The van der Waals surface area contributed by atoms with E-state index in [9.17, 15) is 14.4 Å². The van der Waals surface area contributed by atoms with E-state index in [2.05, 4.69) is 10.6 Å². The molecule has 0 spiro atoms. The lowest BCUT2D eigenvalue weighted by Crippen LogP contribution is -2.70. The van der Waals surface area contributed by atoms with Crippen molar-refractivity contribution in [1.29, 1.82) is 5.41 Å². The lowest BCUT2D eigenvalue weighted by molar-refractivity contribution is -0.128. The van der Waals surface area contributed by atoms with Crippen molar-refractivity contribution in [3.8, 4) is 0 Å². The number of hydrogen-bond acceptors (Lipinski definition) is 6. The molecule has 256 valence electrons. The SMILES string of the molecule is CN(CC1=CC(=N)CC=C1)C(C)(NC(=O)C(c1ccccc1)c1ccccc1)N(C(=O)Cc1ccccc1N)c1ccc(CNC(N)=O)cc1. The second kappa shape index (κ2) is 15.9. The Hall–Kier alpha value is -6.00. The zero-order chi connectivity index (χ0) is 35.7. The molecule has 5 rings (SSSR count). The number of carbonyl (C=O) groups excluding carboxylic acids is 3. The van der Waals surface area contributed by atoms with Gasteiger partial charge in [-0.1, -0.05) is 103 Å². The van der Waals surface area contributed by atoms with Gasteiger partial charge in [-0.3, -0.25) is 19.4 Å². The van der Waals surface area contributed by atoms with Gasteiger partial charge in [0.2, 0.25) is 11.8 Å². The van der Waals surface area contributed by atoms with E-state index in [0.29, 0.717) is 35.6 Å². The molecular formula is C40H43N7O3. The van der Waals surface area contributed by atoms with Gasteiger partial charge in [0, 0.05) is 36.6 Å². The van der Waals surface area contributed by atoms with E-state index in [0.717, 1.165) is 22.3 Å². The highest BCUT2D eigenvalue weighted by Crippen LogP contribution is 2.31. The summed E-state index contributed by atoms with van der Waals surface area (Å²) in [6.07, 6.45) is 6.21. The lowest BCUT2D eigenvalue weighted by Gasteiger charge is -2.48. The number of urea groups is 1. The van der Waals surface area contributed by atoms with Gasteiger partial charge < -0.3 is 27.5 Å². The molecule has 0 saturated carbocycles. The van der Waals surface area contributed by atoms with Gasteiger partial charge in [0.15, 0.2) is 5.79 Å². The van der Waals surface area contributed by atoms with Crippen molar-refractivity contribution in [2.45, 2.75) is 38.0 Å². The van der Waals surface area contributed by atoms with E-state index in [1.54, 1.807) is 35.2 Å². The molecule has 1 atom stereocenters. The number of amides is 4. The molecule has 10 heteroatoms. The third-order valence-corrected chi connectivity index (χ3v) is 8.82. The van der Waals surface area contributed by atoms with E-state index in [1.165, 1.54) is 0 Å². The molecule has 0 radical (unpaired) electrons. The van der Waals surface area contributed by atoms with Crippen LogP contribution in [0, 0.1) is 5.41 Å². The Labute approximate surface area is 293 Å². The minimum atomic E-state index is -1.44. The summed E-state index contributed by atoms with van der Waals surface area (Å²) in [6, 6.07) is 32.8. The first-order chi connectivity index (χ1) is 24.0. The Bertz CT molecular complexity index is 1850. The van der Waals surface area contributed by atoms with Gasteiger partial charge in [0.05, 0.1) is 12.3 Å². The maximum atomic E-state index is 14.8. The molecule has 0 bridgehead atoms. The number of primary amides is 1. The third kappa shape index (κ3) is 8.53. The van der Waals surface area contributed by atoms with Crippen LogP contribution in [0.3, 0.4) is 0 Å². The topological polar surface area (TPSA) is 158 Å². The van der Waals surface area contributed by atoms with Crippen molar-refractivity contribution >= 4 is 34.9 Å². The summed E-state index contributed by atoms with van der Waals surface area (Å²) in [7, 11) is 1.84. The molecule has 1 unspecified atom stereocenters. The lowest BCUT2D eigenvalue weighted by atomic mass is 9.90. The predicted octanol–water partition coefficient (Wildman–Crippen LogP) is 5.47. The molecule has 1 aliphatic carbocycles. The largest absolute Gasteiger partial charge is 0.398 e. The van der Waals surface area contributed by atoms with Gasteiger partial charge in [-0.2, -0.15) is 0 Å². The monoisotopic (exact) mass is 669 g/mol. The Morgan fingerprint density at radius 3 is 2.06 bits per heavy atom. The summed E-state index contributed by atoms with van der Waals surface area (Å²) >= 11 is 0. The molecule has 0 heterocycles. The molecule has 0 aromatic heterocycles. The van der Waals surface area contributed by atoms with Gasteiger partial charge in [0.25, 0.3) is 0 Å². The van der Waals surface area contributed by atoms with E-state index < -0.39 is 17.7 Å². The number of para-hydroxylation sites is 1. The number of hydrogen-bond donors (Lipinski definition) is 5. The summed E-state index contributed by atoms with van der Waals surface area (Å²) in [4.78, 5) is 44.3. The minimum absolute atomic E-state index is 0.0367. The minimum Gasteiger partial charge on any atom is -0.398 e. The van der Waals surface area contributed by atoms with Crippen molar-refractivity contribution in [3.63, 3.8) is 0 Å². The van der Waals surface area contributed by atoms with Gasteiger partial charge in [-0.05, 0) is 66.1 Å². The highest BCUT2D eigenvalue weighted by Gasteiger charge is 2.43. The molecule has 50 heavy (non-hydrogen) atoms. The van der Waals surface area contributed by atoms with E-state index >= 15 is 0 Å². The smallest absolute Gasteiger partial charge is 0.312 e. The fraction of sp³-hybridized carbons (Fsp3) is 0.200. The fourth-order valence-corrected chi connectivity index (χ4v) is 6.14. The number of carbonyl (C=O) groups is 3. The highest BCUT2D eigenvalue weighted by molar-refractivity contribution is 5.98. The first kappa shape index (κ1) is 35.3. The predicted molar refractivity (Wildman–Crippen MR) is 198 cm³/mol. The zero-order valence-corrected chi connectivity index (χ0v) is 28.3. The highest BCUT2D eigenvalue weighted by atomic mass is 16.2. The quantitative estimate of drug-likeness (QED) is 0.0942. The van der Waals surface area contributed by atoms with Crippen LogP contribution in [0.15, 0.2) is 133 Å². The molecule has 4 aromatic rings. The summed E-state index contributed by atoms with van der Waals surface area (Å²) in [6.45, 7) is 2.33. The first-order valence-corrected chi connectivity index (χ1v) is 16.4. The van der Waals surface area contributed by atoms with E-state index in [-0.39, 0.29) is 24.8 Å². The Morgan fingerprint density at radius 1 is 0.880 bits per heavy atom. The van der Waals surface area contributed by atoms with Crippen LogP contribution in [-0.4, -0.2) is 47.8 Å². The number of likely N-dealkylation sites (N-methyl/N-ethyl adjacent to an activating group) is 1. The van der Waals surface area contributed by atoms with Gasteiger partial charge in [-0.15, -0.1) is 0 Å². The first-order valence-electron chi connectivity index (χ1n) is 16.4. The number of rotatable bonds is 13. The average Bonchev–Trinajstić information content (AvgIpc) is 3.10. The van der Waals surface area contributed by atoms with E-state index in [4.69, 9.17) is 16.9 Å². The van der Waals surface area contributed by atoms with Crippen LogP contribution < -0.4 is 27.0 Å². The number of nitrogens with one attached hydrogen (secondary N) is 3. The average molecular weight is 670 g/mol. The van der Waals surface area contributed by atoms with Gasteiger partial charge in [-0.25, -0.2) is 4.79 Å². The molecule has 0 fully saturated rings. The Morgan fingerprint density at radius 2 is 1.48 bits per heavy atom. The maximum Gasteiger partial charge on any atom is 0.312 e. The van der Waals surface area contributed by atoms with Crippen LogP contribution in [0.2, 0.25) is 0 Å². The number of benzene rings is 4. The second-order valence-corrected chi connectivity index (χ2v) is 12.5. The Balaban J connectivity index is 1.63. The third-order valence-electron chi connectivity index (χ3n) is 8.82. The van der Waals surface area contributed by atoms with Gasteiger partial charge >= 0.3 is 6.03 Å². The van der Waals surface area contributed by atoms with Crippen LogP contribution in [-0.2, 0) is 22.6 Å². The van der Waals surface area contributed by atoms with Crippen molar-refractivity contribution in [2.75, 3.05) is 24.2 Å². The number of nitrogen functional groups attached to an aromatic ring is 1. The zero-order valence-electron chi connectivity index (χ0n) is 28.3. The molecule has 0 aliphatic heterocycles. The number of nitrogens with two attached hydrogens (primary N) is 2. The number of nitrogens with zero attached hydrogens (tertiary/aromatic N) is 2. The second-order valence-electron chi connectivity index (χ2n) is 12.5. The van der Waals surface area contributed by atoms with Crippen molar-refractivity contribution in [2.24, 2.45) is 5.73 Å². The fourth-order valence-electron chi connectivity index (χ4n) is 6.14. The number of anilines is 2. The molecular weight excluding hydrogens is 626 g/mol. The molecule has 4 aromatic carbocycles. The summed E-state index contributed by atoms with van der Waals surface area (Å²) in [5, 5.41) is 14.2. The molecule has 7 N–H and O–H groups in total. The molecule has 4 amide bonds. The molecule has 10 nitrogen and oxygen atoms in total. The van der Waals surface area contributed by atoms with Crippen LogP contribution in [0.4, 0.5) is 16.2 Å². The van der Waals surface area contributed by atoms with Crippen molar-refractivity contribution in [3.05, 3.63) is 155 Å². The summed E-state index contributed by atoms with van der Waals surface area (Å²) < 4.78 is 0. The van der Waals surface area contributed by atoms with Crippen LogP contribution in [0.1, 0.15) is 41.5 Å². The Kier molecular flexibility index (Phi) is 11.3. The van der Waals surface area contributed by atoms with Gasteiger partial charge in [0.1, 0.15) is 0 Å². The summed E-state index contributed by atoms with van der Waals surface area (Å²) in [5.41, 5.74) is 17.0. The summed E-state index contributed by atoms with van der Waals surface area (Å²) in [5.74, 6) is -2.74. The van der Waals surface area contributed by atoms with Crippen molar-refractivity contribution in [1.82, 2.24) is 15.5 Å². The van der Waals surface area contributed by atoms with Crippen LogP contribution in [0.25, 0.3) is 0 Å². The number of allylic oxidation sites excluding steroid dienone is 2. The van der Waals surface area contributed by atoms with Crippen LogP contribution in [0.5, 0.6) is 0 Å². The standard InChI is InChI=1S/C40H43N7O3/c1-40(46(2)27-29-12-11-18-33(41)24-29,45-38(49)37(30-13-5-3-6-14-30)31-15-7-4-8-16-31)47(36(48)25-32-17-9-10-19-35(32)42)34-22-20-28(21-23-34)26-44-39(43)50/h3-17,19-24,37,41H,18,25-27,42H2,1-2H3,(H,45,49)(H3,43,44,50). The normalized spacial score (nSPS) is 13.8. The maximum absolute atomic E-state index is 14.8.